The van der Waals surface area contributed by atoms with E-state index in [2.05, 4.69) is 16.8 Å². The maximum atomic E-state index is 11.8. The van der Waals surface area contributed by atoms with Gasteiger partial charge in [0.1, 0.15) is 28.5 Å². The van der Waals surface area contributed by atoms with Gasteiger partial charge in [0, 0.05) is 24.9 Å². The third kappa shape index (κ3) is 7.56. The Morgan fingerprint density at radius 3 is 2.51 bits per heavy atom. The van der Waals surface area contributed by atoms with E-state index in [-0.39, 0.29) is 11.6 Å². The molecule has 0 fully saturated rings. The van der Waals surface area contributed by atoms with Crippen LogP contribution in [-0.4, -0.2) is 41.2 Å². The summed E-state index contributed by atoms with van der Waals surface area (Å²) >= 11 is 0. The highest BCUT2D eigenvalue weighted by molar-refractivity contribution is 5.95. The number of fused-ring (bicyclic) bond motifs is 1. The van der Waals surface area contributed by atoms with E-state index in [1.807, 2.05) is 38.1 Å². The quantitative estimate of drug-likeness (QED) is 0.521. The second-order valence-electron chi connectivity index (χ2n) is 9.11. The predicted molar refractivity (Wildman–Crippen MR) is 142 cm³/mol. The van der Waals surface area contributed by atoms with Crippen LogP contribution in [0.15, 0.2) is 54.7 Å². The highest BCUT2D eigenvalue weighted by Gasteiger charge is 2.20. The SMILES string of the molecule is CN1C(=O)CCOc2ccc(C#CC(C)(C)O)cc21.Cc1cccc(C)c1Oc1ccnc(C(N)=O)c1. The second-order valence-corrected chi connectivity index (χ2v) is 9.11. The molecule has 2 amide bonds. The number of anilines is 1. The van der Waals surface area contributed by atoms with Gasteiger partial charge in [-0.15, -0.1) is 0 Å². The number of pyridine rings is 1. The molecule has 8 heteroatoms. The van der Waals surface area contributed by atoms with E-state index in [0.29, 0.717) is 30.2 Å². The Morgan fingerprint density at radius 2 is 1.86 bits per heavy atom. The number of carbonyl (C=O) groups is 2. The van der Waals surface area contributed by atoms with E-state index >= 15 is 0 Å². The van der Waals surface area contributed by atoms with Crippen molar-refractivity contribution in [3.05, 3.63) is 77.1 Å². The predicted octanol–water partition coefficient (Wildman–Crippen LogP) is 4.14. The highest BCUT2D eigenvalue weighted by atomic mass is 16.5. The molecule has 2 heterocycles. The minimum absolute atomic E-state index is 0.0198. The van der Waals surface area contributed by atoms with Crippen molar-refractivity contribution < 1.29 is 24.2 Å². The van der Waals surface area contributed by atoms with E-state index in [1.165, 1.54) is 12.3 Å². The van der Waals surface area contributed by atoms with Gasteiger partial charge in [-0.3, -0.25) is 14.6 Å². The Hall–Kier alpha value is -4.35. The van der Waals surface area contributed by atoms with Crippen LogP contribution in [0.4, 0.5) is 5.69 Å². The smallest absolute Gasteiger partial charge is 0.267 e. The fourth-order valence-corrected chi connectivity index (χ4v) is 3.44. The number of hydrogen-bond acceptors (Lipinski definition) is 6. The Labute approximate surface area is 217 Å². The lowest BCUT2D eigenvalue weighted by molar-refractivity contribution is -0.118. The van der Waals surface area contributed by atoms with Crippen LogP contribution < -0.4 is 20.1 Å². The zero-order chi connectivity index (χ0) is 27.2. The average Bonchev–Trinajstić information content (AvgIpc) is 2.98. The van der Waals surface area contributed by atoms with Crippen molar-refractivity contribution >= 4 is 17.5 Å². The first-order chi connectivity index (χ1) is 17.4. The molecule has 37 heavy (non-hydrogen) atoms. The van der Waals surface area contributed by atoms with E-state index < -0.39 is 11.5 Å². The van der Waals surface area contributed by atoms with Crippen molar-refractivity contribution in [2.75, 3.05) is 18.6 Å². The van der Waals surface area contributed by atoms with Crippen LogP contribution >= 0.6 is 0 Å². The summed E-state index contributed by atoms with van der Waals surface area (Å²) < 4.78 is 11.3. The molecule has 1 aliphatic rings. The Balaban J connectivity index is 0.000000206. The van der Waals surface area contributed by atoms with Crippen LogP contribution in [-0.2, 0) is 4.79 Å². The van der Waals surface area contributed by atoms with Gasteiger partial charge in [0.2, 0.25) is 5.91 Å². The zero-order valence-electron chi connectivity index (χ0n) is 21.7. The van der Waals surface area contributed by atoms with Crippen molar-refractivity contribution in [1.82, 2.24) is 4.98 Å². The van der Waals surface area contributed by atoms with Gasteiger partial charge in [0.25, 0.3) is 5.91 Å². The number of amides is 2. The van der Waals surface area contributed by atoms with Gasteiger partial charge in [-0.1, -0.05) is 30.0 Å². The normalized spacial score (nSPS) is 12.6. The molecule has 1 aliphatic heterocycles. The number of benzene rings is 2. The highest BCUT2D eigenvalue weighted by Crippen LogP contribution is 2.31. The lowest BCUT2D eigenvalue weighted by Gasteiger charge is -2.16. The Bertz CT molecular complexity index is 1350. The van der Waals surface area contributed by atoms with E-state index in [4.69, 9.17) is 15.2 Å². The van der Waals surface area contributed by atoms with Crippen LogP contribution in [0.5, 0.6) is 17.2 Å². The lowest BCUT2D eigenvalue weighted by atomic mass is 10.1. The molecule has 1 aromatic heterocycles. The Kier molecular flexibility index (Phi) is 8.53. The average molecular weight is 502 g/mol. The summed E-state index contributed by atoms with van der Waals surface area (Å²) in [4.78, 5) is 28.3. The summed E-state index contributed by atoms with van der Waals surface area (Å²) in [7, 11) is 1.73. The number of hydrogen-bond donors (Lipinski definition) is 2. The van der Waals surface area contributed by atoms with Gasteiger partial charge in [0.15, 0.2) is 0 Å². The fourth-order valence-electron chi connectivity index (χ4n) is 3.44. The number of rotatable bonds is 3. The molecule has 8 nitrogen and oxygen atoms in total. The number of ether oxygens (including phenoxy) is 2. The summed E-state index contributed by atoms with van der Waals surface area (Å²) in [5.41, 5.74) is 7.86. The van der Waals surface area contributed by atoms with Crippen molar-refractivity contribution in [2.24, 2.45) is 5.73 Å². The number of carbonyl (C=O) groups excluding carboxylic acids is 2. The van der Waals surface area contributed by atoms with Gasteiger partial charge >= 0.3 is 0 Å². The summed E-state index contributed by atoms with van der Waals surface area (Å²) in [6, 6.07) is 14.6. The number of nitrogens with two attached hydrogens (primary N) is 1. The summed E-state index contributed by atoms with van der Waals surface area (Å²) in [5.74, 6) is 7.12. The molecular weight excluding hydrogens is 470 g/mol. The van der Waals surface area contributed by atoms with Crippen LogP contribution in [0, 0.1) is 25.7 Å². The van der Waals surface area contributed by atoms with E-state index in [1.54, 1.807) is 44.0 Å². The van der Waals surface area contributed by atoms with E-state index in [9.17, 15) is 14.7 Å². The first-order valence-electron chi connectivity index (χ1n) is 11.7. The first-order valence-corrected chi connectivity index (χ1v) is 11.7. The molecular formula is C29H31N3O5. The van der Waals surface area contributed by atoms with Gasteiger partial charge in [-0.2, -0.15) is 0 Å². The van der Waals surface area contributed by atoms with Crippen molar-refractivity contribution in [3.8, 4) is 29.1 Å². The molecule has 0 bridgehead atoms. The lowest BCUT2D eigenvalue weighted by Crippen LogP contribution is -2.25. The summed E-state index contributed by atoms with van der Waals surface area (Å²) in [6.45, 7) is 7.59. The second kappa shape index (κ2) is 11.6. The largest absolute Gasteiger partial charge is 0.491 e. The molecule has 2 aromatic carbocycles. The van der Waals surface area contributed by atoms with Crippen LogP contribution in [0.1, 0.15) is 47.4 Å². The minimum atomic E-state index is -1.04. The van der Waals surface area contributed by atoms with Crippen LogP contribution in [0.2, 0.25) is 0 Å². The minimum Gasteiger partial charge on any atom is -0.491 e. The maximum absolute atomic E-state index is 11.8. The van der Waals surface area contributed by atoms with Gasteiger partial charge < -0.3 is 25.2 Å². The standard InChI is InChI=1S/C15H17NO3.C14H14N2O2/c1-15(2,18)8-6-11-4-5-13-12(10-11)16(3)14(17)7-9-19-13;1-9-4-3-5-10(2)13(9)18-11-6-7-16-12(8-11)14(15)17/h4-5,10,18H,7,9H2,1-3H3;3-8H,1-2H3,(H2,15,17). The molecule has 192 valence electrons. The maximum Gasteiger partial charge on any atom is 0.267 e. The molecule has 0 saturated heterocycles. The number of para-hydroxylation sites is 1. The number of nitrogens with zero attached hydrogens (tertiary/aromatic N) is 2. The van der Waals surface area contributed by atoms with Gasteiger partial charge in [0.05, 0.1) is 18.7 Å². The fraction of sp³-hybridized carbons (Fsp3) is 0.276. The molecule has 0 aliphatic carbocycles. The molecule has 0 saturated carbocycles. The third-order valence-electron chi connectivity index (χ3n) is 5.39. The summed E-state index contributed by atoms with van der Waals surface area (Å²) in [5, 5.41) is 9.59. The topological polar surface area (TPSA) is 115 Å². The van der Waals surface area contributed by atoms with Crippen molar-refractivity contribution in [2.45, 2.75) is 39.7 Å². The zero-order valence-corrected chi connectivity index (χ0v) is 21.7. The molecule has 3 N–H and O–H groups in total. The molecule has 0 atom stereocenters. The van der Waals surface area contributed by atoms with Crippen LogP contribution in [0.25, 0.3) is 0 Å². The van der Waals surface area contributed by atoms with Crippen LogP contribution in [0.3, 0.4) is 0 Å². The number of primary amides is 1. The number of aliphatic hydroxyl groups is 1. The Morgan fingerprint density at radius 1 is 1.16 bits per heavy atom. The molecule has 4 rings (SSSR count). The summed E-state index contributed by atoms with van der Waals surface area (Å²) in [6.07, 6.45) is 1.87. The molecule has 0 radical (unpaired) electrons. The first kappa shape index (κ1) is 27.2. The molecule has 0 unspecified atom stereocenters. The monoisotopic (exact) mass is 501 g/mol. The van der Waals surface area contributed by atoms with Gasteiger partial charge in [-0.05, 0) is 63.1 Å². The third-order valence-corrected chi connectivity index (χ3v) is 5.39. The van der Waals surface area contributed by atoms with Gasteiger partial charge in [-0.25, -0.2) is 0 Å². The van der Waals surface area contributed by atoms with E-state index in [0.717, 1.165) is 22.4 Å². The van der Waals surface area contributed by atoms with Crippen molar-refractivity contribution in [1.29, 1.82) is 0 Å². The van der Waals surface area contributed by atoms with Crippen molar-refractivity contribution in [3.63, 3.8) is 0 Å². The molecule has 0 spiro atoms. The number of aromatic nitrogens is 1. The number of aryl methyl sites for hydroxylation is 2. The molecule has 3 aromatic rings.